The quantitative estimate of drug-likeness (QED) is 0.614. The molecule has 2 N–H and O–H groups in total. The fourth-order valence-corrected chi connectivity index (χ4v) is 3.07. The van der Waals surface area contributed by atoms with Crippen molar-refractivity contribution in [1.29, 1.82) is 0 Å². The second-order valence-corrected chi connectivity index (χ2v) is 7.41. The molecule has 1 atom stereocenters. The maximum absolute atomic E-state index is 4.65. The zero-order chi connectivity index (χ0) is 19.4. The molecular weight excluding hydrogens is 340 g/mol. The Morgan fingerprint density at radius 1 is 1.33 bits per heavy atom. The average molecular weight is 371 g/mol. The Morgan fingerprint density at radius 2 is 2.15 bits per heavy atom. The number of aryl methyl sites for hydroxylation is 1. The zero-order valence-electron chi connectivity index (χ0n) is 16.9. The van der Waals surface area contributed by atoms with Crippen molar-refractivity contribution < 1.29 is 0 Å². The molecule has 8 heteroatoms. The van der Waals surface area contributed by atoms with E-state index in [1.807, 2.05) is 41.9 Å². The number of nitrogens with one attached hydrogen (secondary N) is 2. The summed E-state index contributed by atoms with van der Waals surface area (Å²) in [7, 11) is 5.78. The van der Waals surface area contributed by atoms with Gasteiger partial charge in [0.1, 0.15) is 11.6 Å². The molecule has 0 spiro atoms. The number of aromatic nitrogens is 4. The van der Waals surface area contributed by atoms with Crippen molar-refractivity contribution in [3.05, 3.63) is 35.5 Å². The van der Waals surface area contributed by atoms with Crippen LogP contribution in [-0.2, 0) is 19.5 Å². The monoisotopic (exact) mass is 370 g/mol. The number of aliphatic imine (C=N–C) groups is 1. The van der Waals surface area contributed by atoms with Gasteiger partial charge in [0, 0.05) is 39.5 Å². The Balaban J connectivity index is 1.57. The van der Waals surface area contributed by atoms with E-state index in [-0.39, 0.29) is 6.04 Å². The molecule has 3 heterocycles. The summed E-state index contributed by atoms with van der Waals surface area (Å²) in [6.07, 6.45) is 1.95. The van der Waals surface area contributed by atoms with E-state index in [9.17, 15) is 0 Å². The number of guanidine groups is 1. The minimum Gasteiger partial charge on any atom is -0.363 e. The van der Waals surface area contributed by atoms with E-state index in [4.69, 9.17) is 0 Å². The fraction of sp³-hybridized carbons (Fsp3) is 0.579. The van der Waals surface area contributed by atoms with E-state index in [1.54, 1.807) is 7.05 Å². The van der Waals surface area contributed by atoms with Crippen LogP contribution in [0.5, 0.6) is 0 Å². The van der Waals surface area contributed by atoms with Gasteiger partial charge in [-0.2, -0.15) is 5.10 Å². The Kier molecular flexibility index (Phi) is 5.93. The van der Waals surface area contributed by atoms with Crippen LogP contribution in [0.25, 0.3) is 0 Å². The van der Waals surface area contributed by atoms with Crippen LogP contribution < -0.4 is 15.5 Å². The van der Waals surface area contributed by atoms with Crippen molar-refractivity contribution in [3.8, 4) is 0 Å². The molecule has 2 aromatic rings. The summed E-state index contributed by atoms with van der Waals surface area (Å²) in [6.45, 7) is 5.69. The first-order chi connectivity index (χ1) is 13.0. The number of fused-ring (bicyclic) bond motifs is 1. The van der Waals surface area contributed by atoms with E-state index in [0.29, 0.717) is 12.5 Å². The first kappa shape index (κ1) is 19.1. The predicted molar refractivity (Wildman–Crippen MR) is 108 cm³/mol. The summed E-state index contributed by atoms with van der Waals surface area (Å²) in [5, 5.41) is 11.5. The maximum atomic E-state index is 4.65. The lowest BCUT2D eigenvalue weighted by atomic mass is 10.1. The van der Waals surface area contributed by atoms with E-state index < -0.39 is 0 Å². The van der Waals surface area contributed by atoms with Crippen molar-refractivity contribution in [2.75, 3.05) is 26.0 Å². The SMILES string of the molecule is CN=C(NCc1cccc(N(C)C)n1)NC1CCc2nc(C(C)C)nn2C1. The van der Waals surface area contributed by atoms with Gasteiger partial charge in [-0.15, -0.1) is 0 Å². The highest BCUT2D eigenvalue weighted by atomic mass is 15.4. The van der Waals surface area contributed by atoms with Crippen LogP contribution in [-0.4, -0.2) is 52.9 Å². The van der Waals surface area contributed by atoms with Gasteiger partial charge in [-0.05, 0) is 18.6 Å². The first-order valence-electron chi connectivity index (χ1n) is 9.50. The van der Waals surface area contributed by atoms with E-state index in [1.165, 1.54) is 0 Å². The summed E-state index contributed by atoms with van der Waals surface area (Å²) >= 11 is 0. The third kappa shape index (κ3) is 4.75. The summed E-state index contributed by atoms with van der Waals surface area (Å²) in [4.78, 5) is 15.6. The Morgan fingerprint density at radius 3 is 2.85 bits per heavy atom. The second-order valence-electron chi connectivity index (χ2n) is 7.41. The summed E-state index contributed by atoms with van der Waals surface area (Å²) < 4.78 is 2.03. The van der Waals surface area contributed by atoms with Gasteiger partial charge >= 0.3 is 0 Å². The van der Waals surface area contributed by atoms with Crippen LogP contribution in [0.4, 0.5) is 5.82 Å². The van der Waals surface area contributed by atoms with Gasteiger partial charge in [-0.1, -0.05) is 19.9 Å². The maximum Gasteiger partial charge on any atom is 0.191 e. The molecule has 0 bridgehead atoms. The average Bonchev–Trinajstić information content (AvgIpc) is 3.09. The standard InChI is InChI=1S/C19H30N8/c1-13(2)18-24-17-10-9-15(12-27(17)25-18)23-19(20-3)21-11-14-7-6-8-16(22-14)26(4)5/h6-8,13,15H,9-12H2,1-5H3,(H2,20,21,23). The highest BCUT2D eigenvalue weighted by Crippen LogP contribution is 2.17. The number of pyridine rings is 1. The molecule has 0 amide bonds. The van der Waals surface area contributed by atoms with Crippen LogP contribution in [0.3, 0.4) is 0 Å². The molecule has 0 saturated heterocycles. The van der Waals surface area contributed by atoms with Gasteiger partial charge in [-0.25, -0.2) is 14.6 Å². The van der Waals surface area contributed by atoms with Crippen LogP contribution >= 0.6 is 0 Å². The Hall–Kier alpha value is -2.64. The van der Waals surface area contributed by atoms with Crippen LogP contribution in [0, 0.1) is 0 Å². The normalized spacial score (nSPS) is 17.0. The molecule has 1 aliphatic rings. The topological polar surface area (TPSA) is 83.3 Å². The Bertz CT molecular complexity index is 793. The van der Waals surface area contributed by atoms with Crippen molar-refractivity contribution >= 4 is 11.8 Å². The van der Waals surface area contributed by atoms with Gasteiger partial charge in [0.2, 0.25) is 0 Å². The summed E-state index contributed by atoms with van der Waals surface area (Å²) in [6, 6.07) is 6.32. The molecule has 3 rings (SSSR count). The van der Waals surface area contributed by atoms with Crippen molar-refractivity contribution in [3.63, 3.8) is 0 Å². The van der Waals surface area contributed by atoms with E-state index in [0.717, 1.165) is 48.5 Å². The molecule has 2 aromatic heterocycles. The molecular formula is C19H30N8. The molecule has 8 nitrogen and oxygen atoms in total. The molecule has 0 aromatic carbocycles. The lowest BCUT2D eigenvalue weighted by Gasteiger charge is -2.25. The molecule has 0 radical (unpaired) electrons. The zero-order valence-corrected chi connectivity index (χ0v) is 16.9. The van der Waals surface area contributed by atoms with Crippen LogP contribution in [0.1, 0.15) is 43.5 Å². The van der Waals surface area contributed by atoms with Gasteiger partial charge in [0.05, 0.1) is 18.8 Å². The minimum absolute atomic E-state index is 0.284. The lowest BCUT2D eigenvalue weighted by molar-refractivity contribution is 0.391. The van der Waals surface area contributed by atoms with Gasteiger partial charge < -0.3 is 15.5 Å². The fourth-order valence-electron chi connectivity index (χ4n) is 3.07. The smallest absolute Gasteiger partial charge is 0.191 e. The predicted octanol–water partition coefficient (Wildman–Crippen LogP) is 1.54. The van der Waals surface area contributed by atoms with E-state index in [2.05, 4.69) is 44.5 Å². The molecule has 0 aliphatic carbocycles. The summed E-state index contributed by atoms with van der Waals surface area (Å²) in [5.74, 6) is 4.10. The Labute approximate surface area is 161 Å². The van der Waals surface area contributed by atoms with Crippen molar-refractivity contribution in [2.45, 2.75) is 51.7 Å². The number of hydrogen-bond donors (Lipinski definition) is 2. The first-order valence-corrected chi connectivity index (χ1v) is 9.50. The highest BCUT2D eigenvalue weighted by Gasteiger charge is 2.23. The third-order valence-corrected chi connectivity index (χ3v) is 4.64. The lowest BCUT2D eigenvalue weighted by Crippen LogP contribution is -2.46. The second kappa shape index (κ2) is 8.37. The minimum atomic E-state index is 0.284. The molecule has 146 valence electrons. The number of nitrogens with zero attached hydrogens (tertiary/aromatic N) is 6. The van der Waals surface area contributed by atoms with Crippen molar-refractivity contribution in [2.24, 2.45) is 4.99 Å². The number of rotatable bonds is 5. The molecule has 1 unspecified atom stereocenters. The van der Waals surface area contributed by atoms with E-state index >= 15 is 0 Å². The number of anilines is 1. The van der Waals surface area contributed by atoms with Gasteiger partial charge in [-0.3, -0.25) is 4.99 Å². The third-order valence-electron chi connectivity index (χ3n) is 4.64. The highest BCUT2D eigenvalue weighted by molar-refractivity contribution is 5.79. The molecule has 27 heavy (non-hydrogen) atoms. The molecule has 0 fully saturated rings. The summed E-state index contributed by atoms with van der Waals surface area (Å²) in [5.41, 5.74) is 0.980. The van der Waals surface area contributed by atoms with Crippen molar-refractivity contribution in [1.82, 2.24) is 30.4 Å². The van der Waals surface area contributed by atoms with Gasteiger partial charge in [0.15, 0.2) is 11.8 Å². The number of hydrogen-bond acceptors (Lipinski definition) is 5. The van der Waals surface area contributed by atoms with Crippen LogP contribution in [0.15, 0.2) is 23.2 Å². The largest absolute Gasteiger partial charge is 0.363 e. The van der Waals surface area contributed by atoms with Gasteiger partial charge in [0.25, 0.3) is 0 Å². The molecule has 0 saturated carbocycles. The molecule has 1 aliphatic heterocycles. The van der Waals surface area contributed by atoms with Crippen LogP contribution in [0.2, 0.25) is 0 Å².